The maximum Gasteiger partial charge on any atom is 0.471 e. The number of anilines is 2. The van der Waals surface area contributed by atoms with Crippen molar-refractivity contribution in [3.8, 4) is 12.1 Å². The van der Waals surface area contributed by atoms with Gasteiger partial charge in [-0.15, -0.1) is 5.10 Å². The molecule has 0 bridgehead atoms. The predicted octanol–water partition coefficient (Wildman–Crippen LogP) is 6.91. The van der Waals surface area contributed by atoms with Crippen molar-refractivity contribution in [2.75, 3.05) is 23.6 Å². The lowest BCUT2D eigenvalue weighted by Gasteiger charge is -2.21. The zero-order valence-electron chi connectivity index (χ0n) is 29.2. The van der Waals surface area contributed by atoms with E-state index in [-0.39, 0.29) is 35.1 Å². The lowest BCUT2D eigenvalue weighted by atomic mass is 10.1. The Morgan fingerprint density at radius 2 is 1.55 bits per heavy atom. The van der Waals surface area contributed by atoms with E-state index >= 15 is 0 Å². The van der Waals surface area contributed by atoms with Crippen LogP contribution in [0.2, 0.25) is 0 Å². The number of nitrogens with zero attached hydrogens (tertiary/aromatic N) is 5. The average Bonchev–Trinajstić information content (AvgIpc) is 3.61. The van der Waals surface area contributed by atoms with Crippen LogP contribution < -0.4 is 10.4 Å². The van der Waals surface area contributed by atoms with E-state index in [0.717, 1.165) is 28.8 Å². The van der Waals surface area contributed by atoms with Gasteiger partial charge in [0.15, 0.2) is 6.04 Å². The Balaban J connectivity index is 0.000000327. The first-order valence-corrected chi connectivity index (χ1v) is 17.0. The van der Waals surface area contributed by atoms with Gasteiger partial charge in [0.25, 0.3) is 0 Å². The highest BCUT2D eigenvalue weighted by molar-refractivity contribution is 7.87. The summed E-state index contributed by atoms with van der Waals surface area (Å²) in [6.07, 6.45) is -9.22. The Morgan fingerprint density at radius 1 is 0.964 bits per heavy atom. The fourth-order valence-corrected chi connectivity index (χ4v) is 4.93. The van der Waals surface area contributed by atoms with E-state index in [2.05, 4.69) is 25.7 Å². The summed E-state index contributed by atoms with van der Waals surface area (Å²) in [5, 5.41) is 25.1. The smallest absolute Gasteiger partial charge is 0.464 e. The molecule has 0 spiro atoms. The van der Waals surface area contributed by atoms with Crippen LogP contribution in [0.1, 0.15) is 37.0 Å². The molecule has 4 rings (SSSR count). The van der Waals surface area contributed by atoms with Crippen LogP contribution in [0.25, 0.3) is 0 Å². The Morgan fingerprint density at radius 3 is 2.05 bits per heavy atom. The van der Waals surface area contributed by atoms with Crippen molar-refractivity contribution in [3.05, 3.63) is 102 Å². The number of esters is 2. The molecular weight excluding hydrogens is 762 g/mol. The summed E-state index contributed by atoms with van der Waals surface area (Å²) in [7, 11) is -4.72. The van der Waals surface area contributed by atoms with E-state index in [4.69, 9.17) is 15.3 Å². The van der Waals surface area contributed by atoms with Crippen molar-refractivity contribution in [1.29, 1.82) is 10.5 Å². The minimum atomic E-state index is -5.16. The van der Waals surface area contributed by atoms with Crippen LogP contribution in [0.4, 0.5) is 37.7 Å². The van der Waals surface area contributed by atoms with Gasteiger partial charge in [-0.1, -0.05) is 36.4 Å². The highest BCUT2D eigenvalue weighted by Crippen LogP contribution is 2.32. The molecule has 1 N–H and O–H groups in total. The number of hydrogen-bond donors (Lipinski definition) is 1. The van der Waals surface area contributed by atoms with Crippen molar-refractivity contribution in [3.63, 3.8) is 0 Å². The van der Waals surface area contributed by atoms with Gasteiger partial charge in [-0.3, -0.25) is 10.4 Å². The van der Waals surface area contributed by atoms with E-state index in [1.165, 1.54) is 60.7 Å². The van der Waals surface area contributed by atoms with Crippen LogP contribution in [0, 0.1) is 29.6 Å². The topological polar surface area (TPSA) is 184 Å². The zero-order chi connectivity index (χ0) is 41.4. The van der Waals surface area contributed by atoms with Gasteiger partial charge in [0, 0.05) is 12.5 Å². The van der Waals surface area contributed by atoms with Gasteiger partial charge in [-0.25, -0.2) is 9.59 Å². The summed E-state index contributed by atoms with van der Waals surface area (Å²) in [6.45, 7) is 8.70. The molecule has 55 heavy (non-hydrogen) atoms. The predicted molar refractivity (Wildman–Crippen MR) is 187 cm³/mol. The van der Waals surface area contributed by atoms with Gasteiger partial charge in [0.1, 0.15) is 10.6 Å². The molecule has 3 aromatic carbocycles. The van der Waals surface area contributed by atoms with Crippen molar-refractivity contribution >= 4 is 45.0 Å². The number of hydrogen-bond acceptors (Lipinski definition) is 13. The number of benzene rings is 3. The minimum Gasteiger partial charge on any atom is -0.464 e. The number of alkyl halides is 6. The second-order valence-electron chi connectivity index (χ2n) is 10.5. The first-order valence-electron chi connectivity index (χ1n) is 15.6. The van der Waals surface area contributed by atoms with E-state index in [1.807, 2.05) is 17.6 Å². The van der Waals surface area contributed by atoms with E-state index in [1.54, 1.807) is 20.8 Å². The van der Waals surface area contributed by atoms with Crippen molar-refractivity contribution in [2.24, 2.45) is 10.2 Å². The maximum absolute atomic E-state index is 13.1. The fourth-order valence-electron chi connectivity index (χ4n) is 4.02. The Kier molecular flexibility index (Phi) is 16.4. The Hall–Kier alpha value is -6.41. The van der Waals surface area contributed by atoms with Crippen LogP contribution in [0.3, 0.4) is 0 Å². The Labute approximate surface area is 311 Å². The SMILES string of the molecule is C=CC(=O)OCC.CCOC(=O)C1CC(C(F)(F)F)=NN1c1cccc(C#N)c1.Cc1ccc(S(=O)(=O)O/C(=N\Nc2cccc(C#N)c2)C(F)(F)F)cc1. The molecule has 292 valence electrons. The van der Waals surface area contributed by atoms with Gasteiger partial charge < -0.3 is 13.7 Å². The summed E-state index contributed by atoms with van der Waals surface area (Å²) < 4.78 is 115. The summed E-state index contributed by atoms with van der Waals surface area (Å²) in [5.74, 6) is -3.13. The number of aryl methyl sites for hydroxylation is 1. The Bertz CT molecular complexity index is 2070. The third-order valence-electron chi connectivity index (χ3n) is 6.51. The molecule has 13 nitrogen and oxygen atoms in total. The standard InChI is InChI=1S/C16H12F3N3O3S.C14H12F3N3O2.C5H8O2/c1-11-5-7-14(8-6-11)26(23,24)25-15(16(17,18)19)22-21-13-4-2-3-12(9-13)10-20;1-2-22-13(21)11-7-12(14(15,16)17)19-20(11)10-5-3-4-9(6-10)8-18;1-3-5(6)7-4-2/h2-9,21H,1H3;3-6,11H,2,7H2,1H3;3H,1,4H2,2H3/b22-15-;;. The molecule has 1 atom stereocenters. The molecule has 1 aliphatic heterocycles. The minimum absolute atomic E-state index is 0.0575. The quantitative estimate of drug-likeness (QED) is 0.0452. The van der Waals surface area contributed by atoms with Gasteiger partial charge >= 0.3 is 40.3 Å². The number of halogens is 6. The van der Waals surface area contributed by atoms with Crippen LogP contribution in [-0.2, 0) is 33.4 Å². The van der Waals surface area contributed by atoms with Crippen molar-refractivity contribution in [1.82, 2.24) is 0 Å². The molecule has 20 heteroatoms. The molecule has 1 aliphatic rings. The van der Waals surface area contributed by atoms with Gasteiger partial charge in [0.2, 0.25) is 0 Å². The monoisotopic (exact) mass is 794 g/mol. The van der Waals surface area contributed by atoms with E-state index in [0.29, 0.717) is 6.61 Å². The first kappa shape index (κ1) is 44.7. The highest BCUT2D eigenvalue weighted by Gasteiger charge is 2.46. The lowest BCUT2D eigenvalue weighted by Crippen LogP contribution is -2.36. The second-order valence-corrected chi connectivity index (χ2v) is 12.1. The van der Waals surface area contributed by atoms with Crippen molar-refractivity contribution in [2.45, 2.75) is 50.5 Å². The number of carbonyl (C=O) groups excluding carboxylic acids is 2. The van der Waals surface area contributed by atoms with Crippen LogP contribution in [0.15, 0.2) is 101 Å². The molecule has 1 heterocycles. The highest BCUT2D eigenvalue weighted by atomic mass is 32.2. The summed E-state index contributed by atoms with van der Waals surface area (Å²) in [4.78, 5) is 21.5. The number of ether oxygens (including phenoxy) is 2. The molecule has 0 fully saturated rings. The van der Waals surface area contributed by atoms with E-state index < -0.39 is 57.4 Å². The zero-order valence-corrected chi connectivity index (χ0v) is 30.0. The largest absolute Gasteiger partial charge is 0.471 e. The summed E-state index contributed by atoms with van der Waals surface area (Å²) in [5.41, 5.74) is 2.45. The number of carbonyl (C=O) groups is 2. The number of hydrazone groups is 2. The molecule has 0 aromatic heterocycles. The van der Waals surface area contributed by atoms with Gasteiger partial charge in [0.05, 0.1) is 47.9 Å². The maximum atomic E-state index is 13.1. The average molecular weight is 795 g/mol. The third kappa shape index (κ3) is 14.2. The molecular formula is C35H32F6N6O7S. The van der Waals surface area contributed by atoms with Crippen LogP contribution in [0.5, 0.6) is 0 Å². The normalized spacial score (nSPS) is 13.9. The molecule has 0 aliphatic carbocycles. The molecule has 0 saturated heterocycles. The van der Waals surface area contributed by atoms with Gasteiger partial charge in [-0.2, -0.15) is 50.4 Å². The van der Waals surface area contributed by atoms with Crippen LogP contribution >= 0.6 is 0 Å². The molecule has 3 aromatic rings. The summed E-state index contributed by atoms with van der Waals surface area (Å²) in [6, 6.07) is 18.9. The lowest BCUT2D eigenvalue weighted by molar-refractivity contribution is -0.144. The second kappa shape index (κ2) is 20.2. The van der Waals surface area contributed by atoms with Gasteiger partial charge in [-0.05, 0) is 69.3 Å². The van der Waals surface area contributed by atoms with Crippen LogP contribution in [-0.4, -0.2) is 63.6 Å². The fraction of sp³-hybridized carbons (Fsp3) is 0.257. The number of nitrogens with one attached hydrogen (secondary N) is 1. The number of nitriles is 2. The van der Waals surface area contributed by atoms with Crippen molar-refractivity contribution < 1.29 is 58.0 Å². The third-order valence-corrected chi connectivity index (χ3v) is 7.74. The van der Waals surface area contributed by atoms with E-state index in [9.17, 15) is 44.3 Å². The summed E-state index contributed by atoms with van der Waals surface area (Å²) >= 11 is 0. The molecule has 0 radical (unpaired) electrons. The molecule has 0 saturated carbocycles. The number of rotatable bonds is 9. The molecule has 1 unspecified atom stereocenters. The first-order chi connectivity index (χ1) is 25.8. The molecule has 0 amide bonds.